The molecule has 1 N–H and O–H groups in total. The number of carbonyl (C=O) groups excluding carboxylic acids is 2. The van der Waals surface area contributed by atoms with Crippen molar-refractivity contribution in [2.24, 2.45) is 0 Å². The molecular weight excluding hydrogens is 464 g/mol. The third-order valence-electron chi connectivity index (χ3n) is 7.46. The first-order chi connectivity index (χ1) is 18.1. The van der Waals surface area contributed by atoms with Crippen molar-refractivity contribution in [2.75, 3.05) is 61.5 Å². The molecule has 37 heavy (non-hydrogen) atoms. The Hall–Kier alpha value is -3.22. The lowest BCUT2D eigenvalue weighted by Gasteiger charge is -2.38. The van der Waals surface area contributed by atoms with Crippen LogP contribution in [0, 0.1) is 0 Å². The molecule has 2 aliphatic heterocycles. The van der Waals surface area contributed by atoms with Crippen LogP contribution in [0.2, 0.25) is 0 Å². The van der Waals surface area contributed by atoms with Gasteiger partial charge in [-0.2, -0.15) is 0 Å². The Bertz CT molecular complexity index is 1040. The van der Waals surface area contributed by atoms with E-state index >= 15 is 0 Å². The number of carbonyl (C=O) groups is 2. The lowest BCUT2D eigenvalue weighted by Crippen LogP contribution is -2.47. The molecule has 2 aromatic carbocycles. The van der Waals surface area contributed by atoms with Gasteiger partial charge in [-0.25, -0.2) is 0 Å². The number of hydrogen-bond acceptors (Lipinski definition) is 5. The molecule has 0 atom stereocenters. The maximum atomic E-state index is 13.5. The van der Waals surface area contributed by atoms with E-state index in [4.69, 9.17) is 4.74 Å². The molecule has 2 heterocycles. The molecule has 0 unspecified atom stereocenters. The summed E-state index contributed by atoms with van der Waals surface area (Å²) in [7, 11) is 1.71. The molecular formula is C30H42N4O3. The Labute approximate surface area is 221 Å². The summed E-state index contributed by atoms with van der Waals surface area (Å²) < 4.78 is 5.56. The van der Waals surface area contributed by atoms with Gasteiger partial charge >= 0.3 is 0 Å². The summed E-state index contributed by atoms with van der Waals surface area (Å²) >= 11 is 0. The van der Waals surface area contributed by atoms with Gasteiger partial charge in [0.2, 0.25) is 5.91 Å². The van der Waals surface area contributed by atoms with Gasteiger partial charge in [-0.05, 0) is 49.6 Å². The highest BCUT2D eigenvalue weighted by Crippen LogP contribution is 2.32. The summed E-state index contributed by atoms with van der Waals surface area (Å²) in [5.74, 6) is 0.968. The van der Waals surface area contributed by atoms with Crippen LogP contribution in [-0.4, -0.2) is 63.1 Å². The SMILES string of the molecule is CCCCCCCC(=O)Nc1ccc(N2CCN(c3ccccc3OC)CC2)c(C(=O)N2CCCC2)c1. The minimum Gasteiger partial charge on any atom is -0.495 e. The van der Waals surface area contributed by atoms with Crippen LogP contribution >= 0.6 is 0 Å². The van der Waals surface area contributed by atoms with Gasteiger partial charge in [0, 0.05) is 57.1 Å². The van der Waals surface area contributed by atoms with Crippen LogP contribution in [0.25, 0.3) is 0 Å². The third kappa shape index (κ3) is 6.96. The number of anilines is 3. The minimum absolute atomic E-state index is 0.0224. The van der Waals surface area contributed by atoms with Crippen LogP contribution in [0.3, 0.4) is 0 Å². The zero-order chi connectivity index (χ0) is 26.0. The van der Waals surface area contributed by atoms with Crippen LogP contribution in [0.15, 0.2) is 42.5 Å². The van der Waals surface area contributed by atoms with Crippen molar-refractivity contribution in [3.8, 4) is 5.75 Å². The highest BCUT2D eigenvalue weighted by molar-refractivity contribution is 6.02. The molecule has 4 rings (SSSR count). The predicted octanol–water partition coefficient (Wildman–Crippen LogP) is 5.56. The molecule has 0 saturated carbocycles. The van der Waals surface area contributed by atoms with E-state index in [0.717, 1.165) is 82.1 Å². The van der Waals surface area contributed by atoms with E-state index in [1.807, 2.05) is 41.3 Å². The molecule has 0 aromatic heterocycles. The number of amides is 2. The smallest absolute Gasteiger partial charge is 0.256 e. The molecule has 200 valence electrons. The van der Waals surface area contributed by atoms with Crippen LogP contribution in [0.5, 0.6) is 5.75 Å². The summed E-state index contributed by atoms with van der Waals surface area (Å²) in [4.78, 5) is 32.7. The highest BCUT2D eigenvalue weighted by atomic mass is 16.5. The highest BCUT2D eigenvalue weighted by Gasteiger charge is 2.27. The average Bonchev–Trinajstić information content (AvgIpc) is 3.48. The molecule has 2 fully saturated rings. The molecule has 0 aliphatic carbocycles. The Morgan fingerprint density at radius 3 is 2.22 bits per heavy atom. The van der Waals surface area contributed by atoms with Gasteiger partial charge in [-0.3, -0.25) is 9.59 Å². The number of piperazine rings is 1. The van der Waals surface area contributed by atoms with E-state index in [-0.39, 0.29) is 11.8 Å². The molecule has 7 heteroatoms. The fraction of sp³-hybridized carbons (Fsp3) is 0.533. The maximum Gasteiger partial charge on any atom is 0.256 e. The normalized spacial score (nSPS) is 15.7. The van der Waals surface area contributed by atoms with E-state index in [1.54, 1.807) is 7.11 Å². The number of hydrogen-bond donors (Lipinski definition) is 1. The number of ether oxygens (including phenoxy) is 1. The number of methoxy groups -OCH3 is 1. The van der Waals surface area contributed by atoms with E-state index in [9.17, 15) is 9.59 Å². The first kappa shape index (κ1) is 26.8. The molecule has 0 bridgehead atoms. The summed E-state index contributed by atoms with van der Waals surface area (Å²) in [6.07, 6.45) is 8.20. The van der Waals surface area contributed by atoms with Gasteiger partial charge < -0.3 is 24.8 Å². The van der Waals surface area contributed by atoms with Gasteiger partial charge in [-0.15, -0.1) is 0 Å². The first-order valence-electron chi connectivity index (χ1n) is 14.0. The van der Waals surface area contributed by atoms with Gasteiger partial charge in [0.1, 0.15) is 5.75 Å². The average molecular weight is 507 g/mol. The summed E-state index contributed by atoms with van der Waals surface area (Å²) in [5, 5.41) is 3.04. The standard InChI is InChI=1S/C30H42N4O3/c1-3-4-5-6-7-14-29(35)31-24-15-16-26(25(23-24)30(36)34-17-10-11-18-34)32-19-21-33(22-20-32)27-12-8-9-13-28(27)37-2/h8-9,12-13,15-16,23H,3-7,10-11,14,17-22H2,1-2H3,(H,31,35). The van der Waals surface area contributed by atoms with E-state index in [2.05, 4.69) is 28.1 Å². The molecule has 7 nitrogen and oxygen atoms in total. The Morgan fingerprint density at radius 2 is 1.51 bits per heavy atom. The first-order valence-corrected chi connectivity index (χ1v) is 14.0. The Kier molecular flexibility index (Phi) is 9.69. The summed E-state index contributed by atoms with van der Waals surface area (Å²) in [6, 6.07) is 14.0. The van der Waals surface area contributed by atoms with Gasteiger partial charge in [0.25, 0.3) is 5.91 Å². The Morgan fingerprint density at radius 1 is 0.838 bits per heavy atom. The molecule has 2 saturated heterocycles. The topological polar surface area (TPSA) is 65.1 Å². The van der Waals surface area contributed by atoms with Crippen LogP contribution in [0.1, 0.15) is 68.6 Å². The van der Waals surface area contributed by atoms with Gasteiger partial charge in [0.15, 0.2) is 0 Å². The lowest BCUT2D eigenvalue weighted by atomic mass is 10.1. The fourth-order valence-electron chi connectivity index (χ4n) is 5.34. The lowest BCUT2D eigenvalue weighted by molar-refractivity contribution is -0.116. The largest absolute Gasteiger partial charge is 0.495 e. The zero-order valence-corrected chi connectivity index (χ0v) is 22.5. The fourth-order valence-corrected chi connectivity index (χ4v) is 5.34. The van der Waals surface area contributed by atoms with Gasteiger partial charge in [-0.1, -0.05) is 44.7 Å². The minimum atomic E-state index is 0.0224. The van der Waals surface area contributed by atoms with Crippen molar-refractivity contribution in [1.29, 1.82) is 0 Å². The zero-order valence-electron chi connectivity index (χ0n) is 22.5. The number of unbranched alkanes of at least 4 members (excludes halogenated alkanes) is 4. The second-order valence-corrected chi connectivity index (χ2v) is 10.1. The number of likely N-dealkylation sites (tertiary alicyclic amines) is 1. The third-order valence-corrected chi connectivity index (χ3v) is 7.46. The molecule has 2 aromatic rings. The molecule has 0 spiro atoms. The van der Waals surface area contributed by atoms with Crippen molar-refractivity contribution in [3.63, 3.8) is 0 Å². The van der Waals surface area contributed by atoms with E-state index < -0.39 is 0 Å². The number of para-hydroxylation sites is 2. The van der Waals surface area contributed by atoms with Gasteiger partial charge in [0.05, 0.1) is 18.4 Å². The molecule has 2 aliphatic rings. The maximum absolute atomic E-state index is 13.5. The van der Waals surface area contributed by atoms with Crippen LogP contribution in [0.4, 0.5) is 17.1 Å². The number of nitrogens with one attached hydrogen (secondary N) is 1. The molecule has 2 amide bonds. The van der Waals surface area contributed by atoms with Crippen LogP contribution < -0.4 is 19.9 Å². The van der Waals surface area contributed by atoms with Crippen molar-refractivity contribution in [3.05, 3.63) is 48.0 Å². The number of rotatable bonds is 11. The van der Waals surface area contributed by atoms with Crippen molar-refractivity contribution in [2.45, 2.75) is 58.3 Å². The number of nitrogens with zero attached hydrogens (tertiary/aromatic N) is 3. The molecule has 0 radical (unpaired) electrons. The Balaban J connectivity index is 1.46. The van der Waals surface area contributed by atoms with E-state index in [0.29, 0.717) is 17.7 Å². The summed E-state index contributed by atoms with van der Waals surface area (Å²) in [6.45, 7) is 7.09. The monoisotopic (exact) mass is 506 g/mol. The van der Waals surface area contributed by atoms with Crippen molar-refractivity contribution in [1.82, 2.24) is 4.90 Å². The second kappa shape index (κ2) is 13.4. The number of benzene rings is 2. The summed E-state index contributed by atoms with van der Waals surface area (Å²) in [5.41, 5.74) is 3.45. The quantitative estimate of drug-likeness (QED) is 0.405. The van der Waals surface area contributed by atoms with E-state index in [1.165, 1.54) is 19.3 Å². The predicted molar refractivity (Wildman–Crippen MR) is 151 cm³/mol. The van der Waals surface area contributed by atoms with Crippen molar-refractivity contribution < 1.29 is 14.3 Å². The van der Waals surface area contributed by atoms with Crippen LogP contribution in [-0.2, 0) is 4.79 Å². The second-order valence-electron chi connectivity index (χ2n) is 10.1. The van der Waals surface area contributed by atoms with Crippen molar-refractivity contribution >= 4 is 28.9 Å².